The van der Waals surface area contributed by atoms with Gasteiger partial charge >= 0.3 is 0 Å². The molecule has 0 radical (unpaired) electrons. The van der Waals surface area contributed by atoms with E-state index in [0.717, 1.165) is 12.8 Å². The van der Waals surface area contributed by atoms with Crippen LogP contribution >= 0.6 is 0 Å². The maximum Gasteiger partial charge on any atom is 0.202 e. The van der Waals surface area contributed by atoms with Crippen LogP contribution in [0.4, 0.5) is 0 Å². The lowest BCUT2D eigenvalue weighted by molar-refractivity contribution is -0.145. The van der Waals surface area contributed by atoms with Crippen LogP contribution in [0.1, 0.15) is 37.3 Å². The molecular formula is C20H24O3. The first-order valence-electron chi connectivity index (χ1n) is 8.05. The van der Waals surface area contributed by atoms with Gasteiger partial charge in [0.15, 0.2) is 5.60 Å². The van der Waals surface area contributed by atoms with Crippen molar-refractivity contribution in [1.29, 1.82) is 0 Å². The molecule has 0 aliphatic heterocycles. The van der Waals surface area contributed by atoms with Crippen LogP contribution in [0.2, 0.25) is 0 Å². The molecule has 2 aromatic rings. The molecule has 0 aromatic heterocycles. The number of carbonyl (C=O) groups excluding carboxylic acids is 1. The second-order valence-corrected chi connectivity index (χ2v) is 5.67. The van der Waals surface area contributed by atoms with Crippen molar-refractivity contribution in [1.82, 2.24) is 0 Å². The summed E-state index contributed by atoms with van der Waals surface area (Å²) < 4.78 is 5.39. The molecule has 0 aliphatic carbocycles. The fourth-order valence-electron chi connectivity index (χ4n) is 2.79. The maximum atomic E-state index is 13.1. The van der Waals surface area contributed by atoms with Crippen molar-refractivity contribution < 1.29 is 14.6 Å². The minimum atomic E-state index is -1.70. The number of benzene rings is 2. The highest BCUT2D eigenvalue weighted by molar-refractivity contribution is 5.95. The molecule has 2 aromatic carbocycles. The van der Waals surface area contributed by atoms with Gasteiger partial charge in [0.2, 0.25) is 5.78 Å². The smallest absolute Gasteiger partial charge is 0.202 e. The third-order valence-corrected chi connectivity index (χ3v) is 4.14. The van der Waals surface area contributed by atoms with Gasteiger partial charge in [-0.2, -0.15) is 0 Å². The Bertz CT molecular complexity index is 568. The number of Topliss-reactive ketones (excluding diaryl/α,β-unsaturated/α-hetero) is 1. The third-order valence-electron chi connectivity index (χ3n) is 4.14. The third kappa shape index (κ3) is 3.69. The number of aliphatic hydroxyl groups is 1. The molecule has 1 atom stereocenters. The molecule has 0 saturated heterocycles. The lowest BCUT2D eigenvalue weighted by Gasteiger charge is -2.31. The minimum absolute atomic E-state index is 0.314. The summed E-state index contributed by atoms with van der Waals surface area (Å²) >= 11 is 0. The van der Waals surface area contributed by atoms with Crippen LogP contribution < -0.4 is 0 Å². The van der Waals surface area contributed by atoms with Crippen LogP contribution in [0.15, 0.2) is 60.7 Å². The summed E-state index contributed by atoms with van der Waals surface area (Å²) in [6, 6.07) is 18.1. The van der Waals surface area contributed by atoms with Crippen molar-refractivity contribution in [2.24, 2.45) is 0 Å². The number of carbonyl (C=O) groups is 1. The van der Waals surface area contributed by atoms with Crippen LogP contribution in [0.5, 0.6) is 0 Å². The zero-order valence-electron chi connectivity index (χ0n) is 13.7. The Morgan fingerprint density at radius 3 is 1.91 bits per heavy atom. The average molecular weight is 312 g/mol. The molecule has 0 spiro atoms. The Morgan fingerprint density at radius 2 is 1.52 bits per heavy atom. The van der Waals surface area contributed by atoms with Crippen LogP contribution in [-0.4, -0.2) is 24.1 Å². The quantitative estimate of drug-likeness (QED) is 0.808. The summed E-state index contributed by atoms with van der Waals surface area (Å²) in [5.41, 5.74) is -0.568. The van der Waals surface area contributed by atoms with Gasteiger partial charge in [-0.15, -0.1) is 0 Å². The van der Waals surface area contributed by atoms with E-state index in [0.29, 0.717) is 17.5 Å². The van der Waals surface area contributed by atoms with E-state index in [4.69, 9.17) is 4.74 Å². The first-order chi connectivity index (χ1) is 11.1. The molecular weight excluding hydrogens is 288 g/mol. The number of unbranched alkanes of at least 4 members (excludes halogenated alkanes) is 1. The monoisotopic (exact) mass is 312 g/mol. The van der Waals surface area contributed by atoms with Gasteiger partial charge in [-0.25, -0.2) is 0 Å². The standard InChI is InChI=1S/C20H24O3/c1-3-4-15-18(23-2)19(21)20(22,16-11-7-5-8-12-16)17-13-9-6-10-14-17/h5-14,18,22H,3-4,15H2,1-2H3. The van der Waals surface area contributed by atoms with Crippen molar-refractivity contribution in [3.8, 4) is 0 Å². The number of ketones is 1. The first kappa shape index (κ1) is 17.4. The van der Waals surface area contributed by atoms with Crippen molar-refractivity contribution >= 4 is 5.78 Å². The first-order valence-corrected chi connectivity index (χ1v) is 8.05. The molecule has 0 amide bonds. The molecule has 122 valence electrons. The topological polar surface area (TPSA) is 46.5 Å². The van der Waals surface area contributed by atoms with E-state index >= 15 is 0 Å². The molecule has 2 rings (SSSR count). The number of hydrogen-bond donors (Lipinski definition) is 1. The van der Waals surface area contributed by atoms with Gasteiger partial charge in [0.05, 0.1) is 0 Å². The number of methoxy groups -OCH3 is 1. The van der Waals surface area contributed by atoms with Gasteiger partial charge in [0.25, 0.3) is 0 Å². The van der Waals surface area contributed by atoms with Crippen molar-refractivity contribution in [2.45, 2.75) is 37.9 Å². The zero-order valence-corrected chi connectivity index (χ0v) is 13.7. The highest BCUT2D eigenvalue weighted by atomic mass is 16.5. The summed E-state index contributed by atoms with van der Waals surface area (Å²) in [5.74, 6) is -0.314. The Morgan fingerprint density at radius 1 is 1.04 bits per heavy atom. The van der Waals surface area contributed by atoms with E-state index in [1.54, 1.807) is 24.3 Å². The summed E-state index contributed by atoms with van der Waals surface area (Å²) in [5, 5.41) is 11.4. The largest absolute Gasteiger partial charge is 0.374 e. The fourth-order valence-corrected chi connectivity index (χ4v) is 2.79. The summed E-state index contributed by atoms with van der Waals surface area (Å²) in [7, 11) is 1.52. The molecule has 0 bridgehead atoms. The molecule has 1 N–H and O–H groups in total. The normalized spacial score (nSPS) is 12.8. The molecule has 0 heterocycles. The van der Waals surface area contributed by atoms with Crippen molar-refractivity contribution in [3.63, 3.8) is 0 Å². The Balaban J connectivity index is 2.48. The Hall–Kier alpha value is -1.97. The summed E-state index contributed by atoms with van der Waals surface area (Å²) in [4.78, 5) is 13.1. The second kappa shape index (κ2) is 8.04. The highest BCUT2D eigenvalue weighted by Gasteiger charge is 2.43. The average Bonchev–Trinajstić information content (AvgIpc) is 2.63. The van der Waals surface area contributed by atoms with E-state index < -0.39 is 11.7 Å². The maximum absolute atomic E-state index is 13.1. The van der Waals surface area contributed by atoms with Gasteiger partial charge in [-0.05, 0) is 17.5 Å². The molecule has 0 aliphatic rings. The lowest BCUT2D eigenvalue weighted by Crippen LogP contribution is -2.44. The minimum Gasteiger partial charge on any atom is -0.374 e. The molecule has 0 fully saturated rings. The second-order valence-electron chi connectivity index (χ2n) is 5.67. The SMILES string of the molecule is CCCCC(OC)C(=O)C(O)(c1ccccc1)c1ccccc1. The summed E-state index contributed by atoms with van der Waals surface area (Å²) in [6.45, 7) is 2.07. The van der Waals surface area contributed by atoms with Gasteiger partial charge in [0.1, 0.15) is 6.10 Å². The van der Waals surface area contributed by atoms with E-state index in [1.807, 2.05) is 36.4 Å². The molecule has 0 saturated carbocycles. The lowest BCUT2D eigenvalue weighted by atomic mass is 9.80. The number of ether oxygens (including phenoxy) is 1. The van der Waals surface area contributed by atoms with Gasteiger partial charge < -0.3 is 9.84 Å². The van der Waals surface area contributed by atoms with Crippen LogP contribution in [0.3, 0.4) is 0 Å². The zero-order chi connectivity index (χ0) is 16.7. The van der Waals surface area contributed by atoms with E-state index in [2.05, 4.69) is 6.92 Å². The Kier molecular flexibility index (Phi) is 6.08. The van der Waals surface area contributed by atoms with Crippen LogP contribution in [-0.2, 0) is 15.1 Å². The van der Waals surface area contributed by atoms with E-state index in [1.165, 1.54) is 7.11 Å². The molecule has 23 heavy (non-hydrogen) atoms. The number of hydrogen-bond acceptors (Lipinski definition) is 3. The molecule has 1 unspecified atom stereocenters. The summed E-state index contributed by atoms with van der Waals surface area (Å²) in [6.07, 6.45) is 1.83. The van der Waals surface area contributed by atoms with E-state index in [9.17, 15) is 9.90 Å². The van der Waals surface area contributed by atoms with Gasteiger partial charge in [-0.1, -0.05) is 80.4 Å². The highest BCUT2D eigenvalue weighted by Crippen LogP contribution is 2.33. The molecule has 3 heteroatoms. The van der Waals surface area contributed by atoms with Crippen molar-refractivity contribution in [3.05, 3.63) is 71.8 Å². The molecule has 3 nitrogen and oxygen atoms in total. The van der Waals surface area contributed by atoms with Crippen molar-refractivity contribution in [2.75, 3.05) is 7.11 Å². The van der Waals surface area contributed by atoms with E-state index in [-0.39, 0.29) is 5.78 Å². The van der Waals surface area contributed by atoms with Crippen LogP contribution in [0, 0.1) is 0 Å². The predicted molar refractivity (Wildman–Crippen MR) is 91.2 cm³/mol. The van der Waals surface area contributed by atoms with Gasteiger partial charge in [-0.3, -0.25) is 4.79 Å². The van der Waals surface area contributed by atoms with Gasteiger partial charge in [0, 0.05) is 7.11 Å². The Labute approximate surface area is 137 Å². The number of rotatable bonds is 8. The fraction of sp³-hybridized carbons (Fsp3) is 0.350. The predicted octanol–water partition coefficient (Wildman–Crippen LogP) is 3.70. The van der Waals surface area contributed by atoms with Crippen LogP contribution in [0.25, 0.3) is 0 Å².